The van der Waals surface area contributed by atoms with Crippen molar-refractivity contribution in [3.63, 3.8) is 0 Å². The molecule has 6 heteroatoms. The number of nitrogens with one attached hydrogen (secondary N) is 1. The Labute approximate surface area is 157 Å². The fourth-order valence-corrected chi connectivity index (χ4v) is 2.13. The lowest BCUT2D eigenvalue weighted by Gasteiger charge is -2.23. The summed E-state index contributed by atoms with van der Waals surface area (Å²) in [6.45, 7) is 6.69. The first-order valence-corrected chi connectivity index (χ1v) is 7.86. The molecule has 0 radical (unpaired) electrons. The Morgan fingerprint density at radius 3 is 2.52 bits per heavy atom. The van der Waals surface area contributed by atoms with Crippen LogP contribution in [0.3, 0.4) is 0 Å². The van der Waals surface area contributed by atoms with E-state index in [-0.39, 0.29) is 24.0 Å². The lowest BCUT2D eigenvalue weighted by Crippen LogP contribution is -2.38. The summed E-state index contributed by atoms with van der Waals surface area (Å²) in [4.78, 5) is 6.77. The lowest BCUT2D eigenvalue weighted by molar-refractivity contribution is 0.382. The Morgan fingerprint density at radius 2 is 1.96 bits per heavy atom. The van der Waals surface area contributed by atoms with E-state index in [1.54, 1.807) is 14.2 Å². The number of ether oxygens (including phenoxy) is 2. The van der Waals surface area contributed by atoms with Crippen molar-refractivity contribution in [2.24, 2.45) is 4.99 Å². The Hall–Kier alpha value is -1.18. The van der Waals surface area contributed by atoms with Gasteiger partial charge >= 0.3 is 0 Å². The molecule has 0 spiro atoms. The lowest BCUT2D eigenvalue weighted by atomic mass is 10.2. The second-order valence-electron chi connectivity index (χ2n) is 5.12. The second-order valence-corrected chi connectivity index (χ2v) is 5.12. The van der Waals surface area contributed by atoms with Crippen LogP contribution < -0.4 is 14.8 Å². The van der Waals surface area contributed by atoms with Crippen LogP contribution in [0.15, 0.2) is 23.2 Å². The van der Waals surface area contributed by atoms with Crippen LogP contribution >= 0.6 is 24.0 Å². The van der Waals surface area contributed by atoms with Crippen LogP contribution in [0.25, 0.3) is 0 Å². The minimum Gasteiger partial charge on any atom is -0.497 e. The molecule has 0 unspecified atom stereocenters. The standard InChI is InChI=1S/C17H29N3O2.HI/c1-6-8-11-19-17(18-7-2)20(3)13-14-9-10-15(21-4)12-16(14)22-5;/h9-10,12H,6-8,11,13H2,1-5H3,(H,18,19);1H. The van der Waals surface area contributed by atoms with Gasteiger partial charge in [0.05, 0.1) is 14.2 Å². The van der Waals surface area contributed by atoms with Crippen molar-refractivity contribution in [2.75, 3.05) is 34.4 Å². The van der Waals surface area contributed by atoms with Crippen LogP contribution in [0.5, 0.6) is 11.5 Å². The van der Waals surface area contributed by atoms with E-state index < -0.39 is 0 Å². The van der Waals surface area contributed by atoms with Gasteiger partial charge in [-0.25, -0.2) is 0 Å². The summed E-state index contributed by atoms with van der Waals surface area (Å²) in [7, 11) is 5.38. The van der Waals surface area contributed by atoms with Gasteiger partial charge in [0.1, 0.15) is 11.5 Å². The number of methoxy groups -OCH3 is 2. The fraction of sp³-hybridized carbons (Fsp3) is 0.588. The first-order valence-electron chi connectivity index (χ1n) is 7.86. The zero-order valence-corrected chi connectivity index (χ0v) is 17.2. The van der Waals surface area contributed by atoms with Crippen molar-refractivity contribution in [1.82, 2.24) is 10.2 Å². The van der Waals surface area contributed by atoms with Crippen LogP contribution in [-0.4, -0.2) is 45.2 Å². The Bertz CT molecular complexity index is 481. The van der Waals surface area contributed by atoms with Crippen LogP contribution in [-0.2, 0) is 6.54 Å². The monoisotopic (exact) mass is 435 g/mol. The topological polar surface area (TPSA) is 46.1 Å². The van der Waals surface area contributed by atoms with Crippen molar-refractivity contribution in [1.29, 1.82) is 0 Å². The van der Waals surface area contributed by atoms with Gasteiger partial charge < -0.3 is 19.7 Å². The molecule has 0 bridgehead atoms. The summed E-state index contributed by atoms with van der Waals surface area (Å²) in [6.07, 6.45) is 2.26. The molecule has 0 fully saturated rings. The molecule has 132 valence electrons. The Kier molecular flexibility index (Phi) is 11.6. The number of aliphatic imine (C=N–C) groups is 1. The molecular formula is C17H30IN3O2. The van der Waals surface area contributed by atoms with Crippen molar-refractivity contribution in [3.05, 3.63) is 23.8 Å². The molecule has 0 saturated carbocycles. The van der Waals surface area contributed by atoms with E-state index in [0.717, 1.165) is 55.5 Å². The summed E-state index contributed by atoms with van der Waals surface area (Å²) in [6, 6.07) is 5.89. The van der Waals surface area contributed by atoms with E-state index in [1.165, 1.54) is 0 Å². The zero-order valence-electron chi connectivity index (χ0n) is 14.9. The smallest absolute Gasteiger partial charge is 0.193 e. The molecule has 5 nitrogen and oxygen atoms in total. The Balaban J connectivity index is 0.00000484. The first-order chi connectivity index (χ1) is 10.7. The van der Waals surface area contributed by atoms with E-state index in [0.29, 0.717) is 0 Å². The first kappa shape index (κ1) is 21.8. The van der Waals surface area contributed by atoms with E-state index in [1.807, 2.05) is 25.2 Å². The van der Waals surface area contributed by atoms with Crippen LogP contribution in [0, 0.1) is 0 Å². The predicted octanol–water partition coefficient (Wildman–Crippen LogP) is 3.52. The van der Waals surface area contributed by atoms with E-state index in [9.17, 15) is 0 Å². The highest BCUT2D eigenvalue weighted by atomic mass is 127. The maximum atomic E-state index is 5.46. The average Bonchev–Trinajstić information content (AvgIpc) is 2.54. The zero-order chi connectivity index (χ0) is 16.4. The SMILES string of the molecule is CCCCN=C(NCC)N(C)Cc1ccc(OC)cc1OC.I. The summed E-state index contributed by atoms with van der Waals surface area (Å²) in [5, 5.41) is 3.33. The van der Waals surface area contributed by atoms with Crippen molar-refractivity contribution in [2.45, 2.75) is 33.2 Å². The number of hydrogen-bond donors (Lipinski definition) is 1. The molecular weight excluding hydrogens is 405 g/mol. The van der Waals surface area contributed by atoms with Gasteiger partial charge in [-0.05, 0) is 25.5 Å². The minimum absolute atomic E-state index is 0. The molecule has 0 saturated heterocycles. The highest BCUT2D eigenvalue weighted by molar-refractivity contribution is 14.0. The molecule has 0 heterocycles. The molecule has 1 rings (SSSR count). The highest BCUT2D eigenvalue weighted by Crippen LogP contribution is 2.25. The Morgan fingerprint density at radius 1 is 1.22 bits per heavy atom. The molecule has 0 amide bonds. The van der Waals surface area contributed by atoms with Gasteiger partial charge in [-0.1, -0.05) is 13.3 Å². The number of nitrogens with zero attached hydrogens (tertiary/aromatic N) is 2. The fourth-order valence-electron chi connectivity index (χ4n) is 2.13. The molecule has 1 aromatic carbocycles. The molecule has 23 heavy (non-hydrogen) atoms. The molecule has 1 aromatic rings. The van der Waals surface area contributed by atoms with Gasteiger partial charge in [-0.2, -0.15) is 0 Å². The van der Waals surface area contributed by atoms with Crippen molar-refractivity contribution < 1.29 is 9.47 Å². The number of benzene rings is 1. The van der Waals surface area contributed by atoms with E-state index >= 15 is 0 Å². The van der Waals surface area contributed by atoms with E-state index in [4.69, 9.17) is 9.47 Å². The molecule has 0 aliphatic heterocycles. The number of guanidine groups is 1. The molecule has 0 aliphatic rings. The quantitative estimate of drug-likeness (QED) is 0.294. The van der Waals surface area contributed by atoms with Gasteiger partial charge in [-0.15, -0.1) is 24.0 Å². The van der Waals surface area contributed by atoms with Gasteiger partial charge in [-0.3, -0.25) is 4.99 Å². The molecule has 0 atom stereocenters. The van der Waals surface area contributed by atoms with Gasteiger partial charge in [0.2, 0.25) is 0 Å². The third-order valence-corrected chi connectivity index (χ3v) is 3.37. The maximum Gasteiger partial charge on any atom is 0.193 e. The summed E-state index contributed by atoms with van der Waals surface area (Å²) >= 11 is 0. The van der Waals surface area contributed by atoms with Crippen molar-refractivity contribution in [3.8, 4) is 11.5 Å². The highest BCUT2D eigenvalue weighted by Gasteiger charge is 2.11. The third-order valence-electron chi connectivity index (χ3n) is 3.37. The maximum absolute atomic E-state index is 5.46. The average molecular weight is 435 g/mol. The molecule has 0 aromatic heterocycles. The number of rotatable bonds is 8. The minimum atomic E-state index is 0. The number of hydrogen-bond acceptors (Lipinski definition) is 3. The number of unbranched alkanes of at least 4 members (excludes halogenated alkanes) is 1. The van der Waals surface area contributed by atoms with Gasteiger partial charge in [0, 0.05) is 38.3 Å². The number of halogens is 1. The van der Waals surface area contributed by atoms with Gasteiger partial charge in [0.15, 0.2) is 5.96 Å². The second kappa shape index (κ2) is 12.3. The van der Waals surface area contributed by atoms with Crippen LogP contribution in [0.4, 0.5) is 0 Å². The summed E-state index contributed by atoms with van der Waals surface area (Å²) < 4.78 is 10.7. The van der Waals surface area contributed by atoms with Gasteiger partial charge in [0.25, 0.3) is 0 Å². The molecule has 0 aliphatic carbocycles. The van der Waals surface area contributed by atoms with Crippen LogP contribution in [0.1, 0.15) is 32.3 Å². The summed E-state index contributed by atoms with van der Waals surface area (Å²) in [5.41, 5.74) is 1.10. The largest absolute Gasteiger partial charge is 0.497 e. The normalized spacial score (nSPS) is 10.7. The predicted molar refractivity (Wildman–Crippen MR) is 107 cm³/mol. The third kappa shape index (κ3) is 7.28. The molecule has 1 N–H and O–H groups in total. The van der Waals surface area contributed by atoms with E-state index in [2.05, 4.69) is 29.1 Å². The van der Waals surface area contributed by atoms with Crippen molar-refractivity contribution >= 4 is 29.9 Å². The van der Waals surface area contributed by atoms with Crippen LogP contribution in [0.2, 0.25) is 0 Å². The summed E-state index contributed by atoms with van der Waals surface area (Å²) in [5.74, 6) is 2.55.